The third kappa shape index (κ3) is 2.61. The van der Waals surface area contributed by atoms with E-state index in [4.69, 9.17) is 4.74 Å². The minimum atomic E-state index is -0.0157. The number of carbonyl (C=O) groups excluding carboxylic acids is 1. The highest BCUT2D eigenvalue weighted by atomic mass is 16.5. The number of rotatable bonds is 4. The summed E-state index contributed by atoms with van der Waals surface area (Å²) in [5.41, 5.74) is 1.37. The lowest BCUT2D eigenvalue weighted by molar-refractivity contribution is -0.126. The van der Waals surface area contributed by atoms with Crippen LogP contribution in [0.1, 0.15) is 12.8 Å². The highest BCUT2D eigenvalue weighted by Crippen LogP contribution is 2.27. The predicted molar refractivity (Wildman–Crippen MR) is 81.8 cm³/mol. The predicted octanol–water partition coefficient (Wildman–Crippen LogP) is -0.510. The molecule has 1 unspecified atom stereocenters. The minimum Gasteiger partial charge on any atom is -0.376 e. The maximum Gasteiger partial charge on any atom is 0.226 e. The first-order valence-corrected chi connectivity index (χ1v) is 7.87. The van der Waals surface area contributed by atoms with Gasteiger partial charge in [0, 0.05) is 33.3 Å². The number of hydrogen-bond acceptors (Lipinski definition) is 7. The highest BCUT2D eigenvalue weighted by molar-refractivity contribution is 5.86. The second-order valence-corrected chi connectivity index (χ2v) is 6.06. The molecule has 0 aliphatic carbocycles. The van der Waals surface area contributed by atoms with Crippen LogP contribution in [0, 0.1) is 5.92 Å². The lowest BCUT2D eigenvalue weighted by Crippen LogP contribution is -2.54. The SMILES string of the molecule is Cn1nnc2c(N3CC(C(=O)NCC4CCCO4)C3)ncnc21. The van der Waals surface area contributed by atoms with E-state index >= 15 is 0 Å². The molecule has 4 rings (SSSR count). The first kappa shape index (κ1) is 14.3. The van der Waals surface area contributed by atoms with Crippen molar-refractivity contribution < 1.29 is 9.53 Å². The zero-order valence-electron chi connectivity index (χ0n) is 13.0. The van der Waals surface area contributed by atoms with Crippen LogP contribution in [0.15, 0.2) is 6.33 Å². The number of aromatic nitrogens is 5. The molecule has 2 aromatic rings. The van der Waals surface area contributed by atoms with Crippen LogP contribution in [0.4, 0.5) is 5.82 Å². The lowest BCUT2D eigenvalue weighted by atomic mass is 9.99. The van der Waals surface area contributed by atoms with Gasteiger partial charge in [0.05, 0.1) is 12.0 Å². The third-order valence-corrected chi connectivity index (χ3v) is 4.45. The third-order valence-electron chi connectivity index (χ3n) is 4.45. The first-order chi connectivity index (χ1) is 11.2. The number of carbonyl (C=O) groups is 1. The van der Waals surface area contributed by atoms with Gasteiger partial charge in [-0.15, -0.1) is 5.10 Å². The Morgan fingerprint density at radius 2 is 2.30 bits per heavy atom. The molecular formula is C14H19N7O2. The molecule has 2 saturated heterocycles. The number of nitrogens with zero attached hydrogens (tertiary/aromatic N) is 6. The maximum absolute atomic E-state index is 12.2. The molecule has 1 N–H and O–H groups in total. The number of anilines is 1. The van der Waals surface area contributed by atoms with Crippen molar-refractivity contribution in [3.05, 3.63) is 6.33 Å². The van der Waals surface area contributed by atoms with Gasteiger partial charge in [-0.1, -0.05) is 5.21 Å². The summed E-state index contributed by atoms with van der Waals surface area (Å²) >= 11 is 0. The summed E-state index contributed by atoms with van der Waals surface area (Å²) < 4.78 is 7.13. The number of hydrogen-bond donors (Lipinski definition) is 1. The zero-order chi connectivity index (χ0) is 15.8. The van der Waals surface area contributed by atoms with Gasteiger partial charge < -0.3 is 15.0 Å². The standard InChI is InChI=1S/C14H19N7O2/c1-20-12-11(18-19-20)13(17-8-16-12)21-6-9(7-21)14(22)15-5-10-3-2-4-23-10/h8-10H,2-7H2,1H3,(H,15,22). The summed E-state index contributed by atoms with van der Waals surface area (Å²) in [6.07, 6.45) is 3.80. The molecular weight excluding hydrogens is 298 g/mol. The Balaban J connectivity index is 1.36. The van der Waals surface area contributed by atoms with Gasteiger partial charge >= 0.3 is 0 Å². The van der Waals surface area contributed by atoms with Crippen LogP contribution in [0.25, 0.3) is 11.2 Å². The second kappa shape index (κ2) is 5.73. The number of amides is 1. The molecule has 1 amide bonds. The molecule has 9 heteroatoms. The molecule has 2 aliphatic heterocycles. The average molecular weight is 317 g/mol. The molecule has 0 bridgehead atoms. The van der Waals surface area contributed by atoms with E-state index in [2.05, 4.69) is 25.6 Å². The monoisotopic (exact) mass is 317 g/mol. The number of ether oxygens (including phenoxy) is 1. The summed E-state index contributed by atoms with van der Waals surface area (Å²) in [7, 11) is 1.80. The number of fused-ring (bicyclic) bond motifs is 1. The van der Waals surface area contributed by atoms with Crippen LogP contribution >= 0.6 is 0 Å². The fraction of sp³-hybridized carbons (Fsp3) is 0.643. The van der Waals surface area contributed by atoms with Gasteiger partial charge in [0.15, 0.2) is 17.0 Å². The van der Waals surface area contributed by atoms with Gasteiger partial charge in [-0.3, -0.25) is 4.79 Å². The smallest absolute Gasteiger partial charge is 0.226 e. The van der Waals surface area contributed by atoms with E-state index in [9.17, 15) is 4.79 Å². The normalized spacial score (nSPS) is 21.6. The molecule has 23 heavy (non-hydrogen) atoms. The Morgan fingerprint density at radius 3 is 3.09 bits per heavy atom. The van der Waals surface area contributed by atoms with E-state index in [0.717, 1.165) is 25.3 Å². The van der Waals surface area contributed by atoms with Crippen LogP contribution in [0.5, 0.6) is 0 Å². The van der Waals surface area contributed by atoms with Crippen molar-refractivity contribution in [2.75, 3.05) is 31.1 Å². The van der Waals surface area contributed by atoms with E-state index in [1.54, 1.807) is 11.7 Å². The molecule has 1 atom stereocenters. The maximum atomic E-state index is 12.2. The van der Waals surface area contributed by atoms with Crippen LogP contribution in [0.3, 0.4) is 0 Å². The molecule has 2 aliphatic rings. The van der Waals surface area contributed by atoms with Gasteiger partial charge in [-0.2, -0.15) is 0 Å². The van der Waals surface area contributed by atoms with E-state index in [1.165, 1.54) is 6.33 Å². The lowest BCUT2D eigenvalue weighted by Gasteiger charge is -2.39. The Hall–Kier alpha value is -2.29. The van der Waals surface area contributed by atoms with E-state index in [-0.39, 0.29) is 17.9 Å². The largest absolute Gasteiger partial charge is 0.376 e. The Kier molecular flexibility index (Phi) is 3.56. The van der Waals surface area contributed by atoms with Crippen molar-refractivity contribution in [1.29, 1.82) is 0 Å². The molecule has 2 aromatic heterocycles. The highest BCUT2D eigenvalue weighted by Gasteiger charge is 2.35. The number of aryl methyl sites for hydroxylation is 1. The topological polar surface area (TPSA) is 98.1 Å². The summed E-state index contributed by atoms with van der Waals surface area (Å²) in [5, 5.41) is 11.1. The zero-order valence-corrected chi connectivity index (χ0v) is 13.0. The summed E-state index contributed by atoms with van der Waals surface area (Å²) in [4.78, 5) is 22.7. The van der Waals surface area contributed by atoms with Crippen molar-refractivity contribution in [2.45, 2.75) is 18.9 Å². The molecule has 0 aromatic carbocycles. The molecule has 122 valence electrons. The summed E-state index contributed by atoms with van der Waals surface area (Å²) in [6, 6.07) is 0. The quantitative estimate of drug-likeness (QED) is 0.811. The van der Waals surface area contributed by atoms with Gasteiger partial charge in [-0.25, -0.2) is 14.6 Å². The Bertz CT molecular complexity index is 719. The van der Waals surface area contributed by atoms with E-state index in [0.29, 0.717) is 30.8 Å². The van der Waals surface area contributed by atoms with Crippen molar-refractivity contribution >= 4 is 22.9 Å². The average Bonchev–Trinajstić information content (AvgIpc) is 3.14. The van der Waals surface area contributed by atoms with E-state index in [1.807, 2.05) is 4.90 Å². The van der Waals surface area contributed by atoms with Crippen molar-refractivity contribution in [3.63, 3.8) is 0 Å². The minimum absolute atomic E-state index is 0.0157. The van der Waals surface area contributed by atoms with Gasteiger partial charge in [0.25, 0.3) is 0 Å². The fourth-order valence-electron chi connectivity index (χ4n) is 3.05. The van der Waals surface area contributed by atoms with Crippen molar-refractivity contribution in [3.8, 4) is 0 Å². The molecule has 2 fully saturated rings. The number of nitrogens with one attached hydrogen (secondary N) is 1. The van der Waals surface area contributed by atoms with Crippen LogP contribution in [0.2, 0.25) is 0 Å². The van der Waals surface area contributed by atoms with Gasteiger partial charge in [0.1, 0.15) is 6.33 Å². The molecule has 0 spiro atoms. The fourth-order valence-corrected chi connectivity index (χ4v) is 3.05. The summed E-state index contributed by atoms with van der Waals surface area (Å²) in [5.74, 6) is 0.811. The summed E-state index contributed by atoms with van der Waals surface area (Å²) in [6.45, 7) is 2.69. The Morgan fingerprint density at radius 1 is 1.43 bits per heavy atom. The van der Waals surface area contributed by atoms with Gasteiger partial charge in [-0.05, 0) is 12.8 Å². The molecule has 9 nitrogen and oxygen atoms in total. The second-order valence-electron chi connectivity index (χ2n) is 6.06. The molecule has 0 saturated carbocycles. The van der Waals surface area contributed by atoms with Gasteiger partial charge in [0.2, 0.25) is 5.91 Å². The van der Waals surface area contributed by atoms with Crippen molar-refractivity contribution in [2.24, 2.45) is 13.0 Å². The van der Waals surface area contributed by atoms with E-state index < -0.39 is 0 Å². The molecule has 0 radical (unpaired) electrons. The van der Waals surface area contributed by atoms with Crippen LogP contribution < -0.4 is 10.2 Å². The van der Waals surface area contributed by atoms with Crippen molar-refractivity contribution in [1.82, 2.24) is 30.3 Å². The first-order valence-electron chi connectivity index (χ1n) is 7.87. The van der Waals surface area contributed by atoms with Crippen LogP contribution in [-0.2, 0) is 16.6 Å². The molecule has 4 heterocycles. The Labute approximate surface area is 133 Å². The van der Waals surface area contributed by atoms with Crippen LogP contribution in [-0.4, -0.2) is 63.2 Å².